The third-order valence-electron chi connectivity index (χ3n) is 4.53. The van der Waals surface area contributed by atoms with Crippen LogP contribution in [0, 0.1) is 0 Å². The molecule has 3 rings (SSSR count). The Balaban J connectivity index is 1.78. The molecule has 0 bridgehead atoms. The van der Waals surface area contributed by atoms with Gasteiger partial charge in [0.25, 0.3) is 5.91 Å². The van der Waals surface area contributed by atoms with Gasteiger partial charge < -0.3 is 14.8 Å². The summed E-state index contributed by atoms with van der Waals surface area (Å²) < 4.78 is 37.5. The summed E-state index contributed by atoms with van der Waals surface area (Å²) >= 11 is 6.17. The maximum atomic E-state index is 12.8. The van der Waals surface area contributed by atoms with E-state index in [9.17, 15) is 13.2 Å². The van der Waals surface area contributed by atoms with Crippen molar-refractivity contribution in [2.45, 2.75) is 17.7 Å². The molecule has 0 radical (unpaired) electrons. The number of carbonyl (C=O) groups is 1. The zero-order valence-corrected chi connectivity index (χ0v) is 17.6. The molecule has 1 N–H and O–H groups in total. The highest BCUT2D eigenvalue weighted by Gasteiger charge is 2.28. The van der Waals surface area contributed by atoms with E-state index in [2.05, 4.69) is 5.32 Å². The highest BCUT2D eigenvalue weighted by Crippen LogP contribution is 2.26. The molecule has 2 aromatic rings. The number of carbonyl (C=O) groups excluding carboxylic acids is 1. The number of hydrogen-bond donors (Lipinski definition) is 1. The summed E-state index contributed by atoms with van der Waals surface area (Å²) in [6, 6.07) is 11.1. The monoisotopic (exact) mass is 438 g/mol. The second kappa shape index (κ2) is 9.58. The highest BCUT2D eigenvalue weighted by atomic mass is 35.5. The quantitative estimate of drug-likeness (QED) is 0.638. The van der Waals surface area contributed by atoms with E-state index in [0.717, 1.165) is 12.8 Å². The zero-order chi connectivity index (χ0) is 20.9. The number of methoxy groups -OCH3 is 1. The molecule has 1 heterocycles. The van der Waals surface area contributed by atoms with Crippen LogP contribution in [0.25, 0.3) is 0 Å². The van der Waals surface area contributed by atoms with Gasteiger partial charge in [-0.25, -0.2) is 8.42 Å². The van der Waals surface area contributed by atoms with Crippen LogP contribution >= 0.6 is 11.6 Å². The van der Waals surface area contributed by atoms with Gasteiger partial charge >= 0.3 is 0 Å². The van der Waals surface area contributed by atoms with Crippen LogP contribution in [-0.4, -0.2) is 52.0 Å². The zero-order valence-electron chi connectivity index (χ0n) is 16.1. The van der Waals surface area contributed by atoms with E-state index < -0.39 is 15.9 Å². The second-order valence-corrected chi connectivity index (χ2v) is 8.92. The number of nitrogens with zero attached hydrogens (tertiary/aromatic N) is 1. The summed E-state index contributed by atoms with van der Waals surface area (Å²) in [6.45, 7) is 1.81. The number of sulfonamides is 1. The molecule has 1 fully saturated rings. The second-order valence-electron chi connectivity index (χ2n) is 6.58. The standard InChI is InChI=1S/C20H23ClN2O5S/c1-27-11-12-28-16-6-4-5-15(13-16)22-20(24)18-14-17(7-8-19(18)21)29(25,26)23-9-2-3-10-23/h4-8,13-14H,2-3,9-12H2,1H3,(H,22,24). The SMILES string of the molecule is COCCOc1cccc(NC(=O)c2cc(S(=O)(=O)N3CCCC3)ccc2Cl)c1. The van der Waals surface area contributed by atoms with Crippen molar-refractivity contribution in [2.24, 2.45) is 0 Å². The highest BCUT2D eigenvalue weighted by molar-refractivity contribution is 7.89. The number of amides is 1. The smallest absolute Gasteiger partial charge is 0.257 e. The Kier molecular flexibility index (Phi) is 7.13. The fourth-order valence-electron chi connectivity index (χ4n) is 3.02. The van der Waals surface area contributed by atoms with Gasteiger partial charge in [-0.05, 0) is 43.2 Å². The van der Waals surface area contributed by atoms with Crippen LogP contribution in [0.4, 0.5) is 5.69 Å². The number of benzene rings is 2. The van der Waals surface area contributed by atoms with Gasteiger partial charge in [-0.3, -0.25) is 4.79 Å². The van der Waals surface area contributed by atoms with E-state index in [1.807, 2.05) is 0 Å². The summed E-state index contributed by atoms with van der Waals surface area (Å²) in [5.74, 6) is 0.0822. The topological polar surface area (TPSA) is 84.9 Å². The number of hydrogen-bond acceptors (Lipinski definition) is 5. The average Bonchev–Trinajstić information content (AvgIpc) is 3.24. The number of rotatable bonds is 8. The van der Waals surface area contributed by atoms with E-state index in [0.29, 0.717) is 37.7 Å². The van der Waals surface area contributed by atoms with Gasteiger partial charge in [-0.2, -0.15) is 4.31 Å². The van der Waals surface area contributed by atoms with Crippen LogP contribution < -0.4 is 10.1 Å². The van der Waals surface area contributed by atoms with Crippen molar-refractivity contribution in [1.29, 1.82) is 0 Å². The third kappa shape index (κ3) is 5.27. The van der Waals surface area contributed by atoms with Gasteiger partial charge in [0.2, 0.25) is 10.0 Å². The first-order valence-corrected chi connectivity index (χ1v) is 11.1. The molecule has 0 saturated carbocycles. The van der Waals surface area contributed by atoms with Crippen LogP contribution in [0.15, 0.2) is 47.4 Å². The molecule has 0 spiro atoms. The summed E-state index contributed by atoms with van der Waals surface area (Å²) in [5.41, 5.74) is 0.603. The summed E-state index contributed by atoms with van der Waals surface area (Å²) in [4.78, 5) is 12.8. The number of ether oxygens (including phenoxy) is 2. The number of anilines is 1. The van der Waals surface area contributed by atoms with Gasteiger partial charge in [-0.1, -0.05) is 17.7 Å². The van der Waals surface area contributed by atoms with Crippen molar-refractivity contribution in [3.05, 3.63) is 53.1 Å². The summed E-state index contributed by atoms with van der Waals surface area (Å²) in [6.07, 6.45) is 1.67. The van der Waals surface area contributed by atoms with Gasteiger partial charge in [0.15, 0.2) is 0 Å². The molecule has 9 heteroatoms. The first-order chi connectivity index (χ1) is 13.9. The molecular weight excluding hydrogens is 416 g/mol. The van der Waals surface area contributed by atoms with E-state index in [1.165, 1.54) is 22.5 Å². The Morgan fingerprint density at radius 3 is 2.62 bits per heavy atom. The maximum absolute atomic E-state index is 12.8. The molecule has 1 amide bonds. The Bertz CT molecular complexity index is 975. The number of halogens is 1. The van der Waals surface area contributed by atoms with Crippen molar-refractivity contribution in [3.63, 3.8) is 0 Å². The molecule has 0 atom stereocenters. The molecule has 1 saturated heterocycles. The third-order valence-corrected chi connectivity index (χ3v) is 6.76. The molecule has 0 aliphatic carbocycles. The molecule has 29 heavy (non-hydrogen) atoms. The van der Waals surface area contributed by atoms with Crippen LogP contribution in [0.3, 0.4) is 0 Å². The minimum absolute atomic E-state index is 0.0607. The van der Waals surface area contributed by atoms with Gasteiger partial charge in [0.05, 0.1) is 22.1 Å². The van der Waals surface area contributed by atoms with Crippen LogP contribution in [0.2, 0.25) is 5.02 Å². The minimum atomic E-state index is -3.64. The van der Waals surface area contributed by atoms with Gasteiger partial charge in [0.1, 0.15) is 12.4 Å². The molecular formula is C20H23ClN2O5S. The predicted molar refractivity (Wildman–Crippen MR) is 111 cm³/mol. The largest absolute Gasteiger partial charge is 0.491 e. The molecule has 156 valence electrons. The fourth-order valence-corrected chi connectivity index (χ4v) is 4.77. The fraction of sp³-hybridized carbons (Fsp3) is 0.350. The predicted octanol–water partition coefficient (Wildman–Crippen LogP) is 3.40. The van der Waals surface area contributed by atoms with Crippen molar-refractivity contribution in [1.82, 2.24) is 4.31 Å². The van der Waals surface area contributed by atoms with Gasteiger partial charge in [-0.15, -0.1) is 0 Å². The Labute approximate surface area is 175 Å². The van der Waals surface area contributed by atoms with Crippen molar-refractivity contribution in [3.8, 4) is 5.75 Å². The first-order valence-electron chi connectivity index (χ1n) is 9.24. The summed E-state index contributed by atoms with van der Waals surface area (Å²) in [5, 5.41) is 2.91. The lowest BCUT2D eigenvalue weighted by Crippen LogP contribution is -2.28. The molecule has 0 unspecified atom stereocenters. The first kappa shape index (κ1) is 21.6. The molecule has 2 aromatic carbocycles. The Hall–Kier alpha value is -2.13. The summed E-state index contributed by atoms with van der Waals surface area (Å²) in [7, 11) is -2.06. The lowest BCUT2D eigenvalue weighted by molar-refractivity contribution is 0.102. The average molecular weight is 439 g/mol. The molecule has 1 aliphatic heterocycles. The Morgan fingerprint density at radius 1 is 1.14 bits per heavy atom. The van der Waals surface area contributed by atoms with Crippen molar-refractivity contribution >= 4 is 33.2 Å². The normalized spacial score (nSPS) is 14.7. The van der Waals surface area contributed by atoms with Crippen LogP contribution in [0.5, 0.6) is 5.75 Å². The molecule has 1 aliphatic rings. The lowest BCUT2D eigenvalue weighted by Gasteiger charge is -2.16. The van der Waals surface area contributed by atoms with Crippen LogP contribution in [-0.2, 0) is 14.8 Å². The minimum Gasteiger partial charge on any atom is -0.491 e. The maximum Gasteiger partial charge on any atom is 0.257 e. The van der Waals surface area contributed by atoms with Crippen molar-refractivity contribution < 1.29 is 22.7 Å². The van der Waals surface area contributed by atoms with E-state index in [-0.39, 0.29) is 15.5 Å². The number of nitrogens with one attached hydrogen (secondary N) is 1. The van der Waals surface area contributed by atoms with E-state index in [4.69, 9.17) is 21.1 Å². The van der Waals surface area contributed by atoms with E-state index in [1.54, 1.807) is 31.4 Å². The van der Waals surface area contributed by atoms with E-state index >= 15 is 0 Å². The van der Waals surface area contributed by atoms with Crippen molar-refractivity contribution in [2.75, 3.05) is 38.7 Å². The van der Waals surface area contributed by atoms with Gasteiger partial charge in [0, 0.05) is 32.0 Å². The Morgan fingerprint density at radius 2 is 1.90 bits per heavy atom. The lowest BCUT2D eigenvalue weighted by atomic mass is 10.2. The molecule has 0 aromatic heterocycles. The van der Waals surface area contributed by atoms with Crippen LogP contribution in [0.1, 0.15) is 23.2 Å². The molecule has 7 nitrogen and oxygen atoms in total.